The highest BCUT2D eigenvalue weighted by atomic mass is 32.2. The van der Waals surface area contributed by atoms with Gasteiger partial charge in [-0.05, 0) is 69.2 Å². The molecule has 0 bridgehead atoms. The van der Waals surface area contributed by atoms with E-state index in [4.69, 9.17) is 9.47 Å². The highest BCUT2D eigenvalue weighted by Gasteiger charge is 2.33. The maximum atomic E-state index is 14.0. The molecule has 3 rings (SSSR count). The Balaban J connectivity index is 2.04. The Hall–Kier alpha value is -4.05. The molecule has 0 aromatic heterocycles. The third-order valence-electron chi connectivity index (χ3n) is 6.91. The van der Waals surface area contributed by atoms with E-state index >= 15 is 0 Å². The van der Waals surface area contributed by atoms with Gasteiger partial charge in [0.2, 0.25) is 11.8 Å². The van der Waals surface area contributed by atoms with Gasteiger partial charge >= 0.3 is 0 Å². The summed E-state index contributed by atoms with van der Waals surface area (Å²) in [6.45, 7) is 6.91. The fourth-order valence-electron chi connectivity index (χ4n) is 4.11. The van der Waals surface area contributed by atoms with E-state index in [9.17, 15) is 18.0 Å². The van der Waals surface area contributed by atoms with Crippen molar-refractivity contribution in [2.45, 2.75) is 57.6 Å². The lowest BCUT2D eigenvalue weighted by atomic mass is 10.1. The quantitative estimate of drug-likeness (QED) is 0.318. The standard InChI is InChI=1S/C31H39N3O6S/c1-7-23(3)32-31(36)24(4)33(20-25-13-15-27(39-5)16-14-25)30(35)21-34(26-9-8-10-28(19-26)40-6)41(37,38)29-17-11-22(2)12-18-29/h8-19,23-24H,7,20-21H2,1-6H3,(H,32,36)/t23-,24+/m1/s1. The lowest BCUT2D eigenvalue weighted by molar-refractivity contribution is -0.139. The van der Waals surface area contributed by atoms with Crippen molar-refractivity contribution in [1.29, 1.82) is 0 Å². The molecule has 0 aliphatic carbocycles. The molecule has 0 aliphatic heterocycles. The van der Waals surface area contributed by atoms with E-state index < -0.39 is 28.5 Å². The van der Waals surface area contributed by atoms with Crippen LogP contribution in [0.25, 0.3) is 0 Å². The molecule has 0 fully saturated rings. The van der Waals surface area contributed by atoms with Crippen LogP contribution < -0.4 is 19.1 Å². The van der Waals surface area contributed by atoms with Crippen LogP contribution in [0.3, 0.4) is 0 Å². The number of aryl methyl sites for hydroxylation is 1. The van der Waals surface area contributed by atoms with Gasteiger partial charge in [0, 0.05) is 18.7 Å². The molecular weight excluding hydrogens is 542 g/mol. The summed E-state index contributed by atoms with van der Waals surface area (Å²) in [5, 5.41) is 2.93. The number of carbonyl (C=O) groups excluding carboxylic acids is 2. The number of carbonyl (C=O) groups is 2. The third-order valence-corrected chi connectivity index (χ3v) is 8.70. The van der Waals surface area contributed by atoms with Gasteiger partial charge in [-0.3, -0.25) is 13.9 Å². The number of nitrogens with one attached hydrogen (secondary N) is 1. The van der Waals surface area contributed by atoms with Crippen molar-refractivity contribution in [3.8, 4) is 11.5 Å². The van der Waals surface area contributed by atoms with E-state index in [-0.39, 0.29) is 29.1 Å². The molecular formula is C31H39N3O6S. The molecule has 0 spiro atoms. The van der Waals surface area contributed by atoms with Crippen molar-refractivity contribution in [2.24, 2.45) is 0 Å². The summed E-state index contributed by atoms with van der Waals surface area (Å²) in [4.78, 5) is 28.6. The molecule has 0 radical (unpaired) electrons. The Labute approximate surface area is 243 Å². The Morgan fingerprint density at radius 2 is 1.54 bits per heavy atom. The molecule has 1 N–H and O–H groups in total. The average Bonchev–Trinajstić information content (AvgIpc) is 2.98. The molecule has 0 saturated carbocycles. The van der Waals surface area contributed by atoms with Crippen molar-refractivity contribution < 1.29 is 27.5 Å². The first-order chi connectivity index (χ1) is 19.5. The Morgan fingerprint density at radius 1 is 0.902 bits per heavy atom. The van der Waals surface area contributed by atoms with E-state index in [0.717, 1.165) is 21.9 Å². The summed E-state index contributed by atoms with van der Waals surface area (Å²) in [6.07, 6.45) is 0.725. The first-order valence-electron chi connectivity index (χ1n) is 13.5. The monoisotopic (exact) mass is 581 g/mol. The van der Waals surface area contributed by atoms with Crippen LogP contribution in [0, 0.1) is 6.92 Å². The van der Waals surface area contributed by atoms with Gasteiger partial charge in [-0.15, -0.1) is 0 Å². The molecule has 9 nitrogen and oxygen atoms in total. The molecule has 2 atom stereocenters. The number of amides is 2. The summed E-state index contributed by atoms with van der Waals surface area (Å²) in [7, 11) is -1.12. The van der Waals surface area contributed by atoms with Crippen LogP contribution >= 0.6 is 0 Å². The minimum Gasteiger partial charge on any atom is -0.497 e. The smallest absolute Gasteiger partial charge is 0.264 e. The van der Waals surface area contributed by atoms with Gasteiger partial charge in [-0.1, -0.05) is 42.8 Å². The highest BCUT2D eigenvalue weighted by Crippen LogP contribution is 2.28. The molecule has 10 heteroatoms. The molecule has 41 heavy (non-hydrogen) atoms. The van der Waals surface area contributed by atoms with E-state index in [1.807, 2.05) is 20.8 Å². The molecule has 0 saturated heterocycles. The SMILES string of the molecule is CC[C@@H](C)NC(=O)[C@H](C)N(Cc1ccc(OC)cc1)C(=O)CN(c1cccc(OC)c1)S(=O)(=O)c1ccc(C)cc1. The minimum atomic E-state index is -4.16. The highest BCUT2D eigenvalue weighted by molar-refractivity contribution is 7.92. The third kappa shape index (κ3) is 8.00. The van der Waals surface area contributed by atoms with Crippen LogP contribution in [0.1, 0.15) is 38.3 Å². The molecule has 220 valence electrons. The van der Waals surface area contributed by atoms with E-state index in [1.54, 1.807) is 74.7 Å². The summed E-state index contributed by atoms with van der Waals surface area (Å²) in [6, 6.07) is 19.2. The second-order valence-corrected chi connectivity index (χ2v) is 11.8. The number of methoxy groups -OCH3 is 2. The van der Waals surface area contributed by atoms with Crippen LogP contribution in [0.2, 0.25) is 0 Å². The first kappa shape index (κ1) is 31.5. The van der Waals surface area contributed by atoms with Crippen LogP contribution in [-0.4, -0.2) is 58.0 Å². The van der Waals surface area contributed by atoms with Gasteiger partial charge < -0.3 is 19.7 Å². The number of sulfonamides is 1. The lowest BCUT2D eigenvalue weighted by Gasteiger charge is -2.32. The van der Waals surface area contributed by atoms with Gasteiger partial charge in [0.25, 0.3) is 10.0 Å². The summed E-state index contributed by atoms with van der Waals surface area (Å²) >= 11 is 0. The van der Waals surface area contributed by atoms with E-state index in [0.29, 0.717) is 11.5 Å². The van der Waals surface area contributed by atoms with Crippen LogP contribution in [0.15, 0.2) is 77.7 Å². The molecule has 2 amide bonds. The zero-order valence-corrected chi connectivity index (χ0v) is 25.3. The summed E-state index contributed by atoms with van der Waals surface area (Å²) < 4.78 is 39.5. The van der Waals surface area contributed by atoms with E-state index in [2.05, 4.69) is 5.32 Å². The largest absolute Gasteiger partial charge is 0.497 e. The molecule has 3 aromatic carbocycles. The number of anilines is 1. The van der Waals surface area contributed by atoms with Crippen molar-refractivity contribution in [2.75, 3.05) is 25.1 Å². The Morgan fingerprint density at radius 3 is 2.12 bits per heavy atom. The van der Waals surface area contributed by atoms with Crippen LogP contribution in [0.5, 0.6) is 11.5 Å². The van der Waals surface area contributed by atoms with Crippen molar-refractivity contribution in [1.82, 2.24) is 10.2 Å². The zero-order chi connectivity index (χ0) is 30.2. The number of ether oxygens (including phenoxy) is 2. The molecule has 0 unspecified atom stereocenters. The van der Waals surface area contributed by atoms with Gasteiger partial charge in [-0.25, -0.2) is 8.42 Å². The van der Waals surface area contributed by atoms with Crippen molar-refractivity contribution >= 4 is 27.5 Å². The molecule has 3 aromatic rings. The zero-order valence-electron chi connectivity index (χ0n) is 24.5. The van der Waals surface area contributed by atoms with Crippen LogP contribution in [0.4, 0.5) is 5.69 Å². The average molecular weight is 582 g/mol. The minimum absolute atomic E-state index is 0.0444. The number of benzene rings is 3. The molecule has 0 heterocycles. The van der Waals surface area contributed by atoms with Gasteiger partial charge in [0.05, 0.1) is 24.8 Å². The van der Waals surface area contributed by atoms with Gasteiger partial charge in [0.15, 0.2) is 0 Å². The second-order valence-electron chi connectivity index (χ2n) is 9.89. The van der Waals surface area contributed by atoms with E-state index in [1.165, 1.54) is 24.1 Å². The van der Waals surface area contributed by atoms with Gasteiger partial charge in [0.1, 0.15) is 24.1 Å². The number of nitrogens with zero attached hydrogens (tertiary/aromatic N) is 2. The fraction of sp³-hybridized carbons (Fsp3) is 0.355. The maximum absolute atomic E-state index is 14.0. The van der Waals surface area contributed by atoms with Gasteiger partial charge in [-0.2, -0.15) is 0 Å². The normalized spacial score (nSPS) is 12.6. The Bertz CT molecular complexity index is 1420. The lowest BCUT2D eigenvalue weighted by Crippen LogP contribution is -2.52. The van der Waals surface area contributed by atoms with Crippen molar-refractivity contribution in [3.63, 3.8) is 0 Å². The van der Waals surface area contributed by atoms with Crippen molar-refractivity contribution in [3.05, 3.63) is 83.9 Å². The predicted molar refractivity (Wildman–Crippen MR) is 160 cm³/mol. The number of hydrogen-bond donors (Lipinski definition) is 1. The first-order valence-corrected chi connectivity index (χ1v) is 14.9. The second kappa shape index (κ2) is 14.0. The Kier molecular flexibility index (Phi) is 10.8. The summed E-state index contributed by atoms with van der Waals surface area (Å²) in [5.41, 5.74) is 1.93. The summed E-state index contributed by atoms with van der Waals surface area (Å²) in [5.74, 6) is 0.236. The number of rotatable bonds is 13. The fourth-order valence-corrected chi connectivity index (χ4v) is 5.51. The van der Waals surface area contributed by atoms with Crippen LogP contribution in [-0.2, 0) is 26.2 Å². The topological polar surface area (TPSA) is 105 Å². The number of hydrogen-bond acceptors (Lipinski definition) is 6. The predicted octanol–water partition coefficient (Wildman–Crippen LogP) is 4.54. The maximum Gasteiger partial charge on any atom is 0.264 e. The molecule has 0 aliphatic rings.